The molecule has 0 radical (unpaired) electrons. The number of rotatable bonds is 5. The lowest BCUT2D eigenvalue weighted by atomic mass is 10.1. The van der Waals surface area contributed by atoms with Gasteiger partial charge in [0.25, 0.3) is 0 Å². The van der Waals surface area contributed by atoms with E-state index in [1.54, 1.807) is 38.1 Å². The van der Waals surface area contributed by atoms with Gasteiger partial charge in [-0.25, -0.2) is 13.4 Å². The van der Waals surface area contributed by atoms with Gasteiger partial charge in [-0.15, -0.1) is 23.7 Å². The van der Waals surface area contributed by atoms with E-state index in [4.69, 9.17) is 0 Å². The van der Waals surface area contributed by atoms with Gasteiger partial charge in [-0.2, -0.15) is 0 Å². The highest BCUT2D eigenvalue weighted by molar-refractivity contribution is 7.92. The van der Waals surface area contributed by atoms with E-state index in [0.717, 1.165) is 30.8 Å². The van der Waals surface area contributed by atoms with Crippen molar-refractivity contribution >= 4 is 44.6 Å². The molecule has 0 fully saturated rings. The zero-order valence-corrected chi connectivity index (χ0v) is 18.0. The van der Waals surface area contributed by atoms with Crippen LogP contribution in [-0.2, 0) is 34.0 Å². The fourth-order valence-corrected chi connectivity index (χ4v) is 4.96. The smallest absolute Gasteiger partial charge is 0.230 e. The molecule has 1 amide bonds. The van der Waals surface area contributed by atoms with E-state index in [9.17, 15) is 13.2 Å². The topological polar surface area (TPSA) is 79.4 Å². The minimum Gasteiger partial charge on any atom is -0.302 e. The van der Waals surface area contributed by atoms with Crippen molar-refractivity contribution in [3.8, 4) is 0 Å². The Kier molecular flexibility index (Phi) is 7.02. The molecule has 2 heterocycles. The molecule has 1 aromatic heterocycles. The van der Waals surface area contributed by atoms with E-state index < -0.39 is 15.1 Å². The molecule has 0 unspecified atom stereocenters. The van der Waals surface area contributed by atoms with E-state index in [2.05, 4.69) is 22.2 Å². The maximum atomic E-state index is 12.3. The molecule has 2 aromatic rings. The minimum absolute atomic E-state index is 0. The number of halogens is 1. The highest BCUT2D eigenvalue weighted by Gasteiger charge is 2.20. The summed E-state index contributed by atoms with van der Waals surface area (Å²) in [6, 6.07) is 6.51. The van der Waals surface area contributed by atoms with Crippen molar-refractivity contribution < 1.29 is 13.2 Å². The quantitative estimate of drug-likeness (QED) is 0.790. The molecule has 1 aliphatic heterocycles. The number of fused-ring (bicyclic) bond motifs is 1. The van der Waals surface area contributed by atoms with Crippen LogP contribution in [-0.4, -0.2) is 43.1 Å². The molecule has 9 heteroatoms. The second-order valence-corrected chi connectivity index (χ2v) is 10.4. The van der Waals surface area contributed by atoms with Gasteiger partial charge in [-0.1, -0.05) is 12.1 Å². The second-order valence-electron chi connectivity index (χ2n) is 6.84. The molecule has 0 atom stereocenters. The Morgan fingerprint density at radius 3 is 2.59 bits per heavy atom. The van der Waals surface area contributed by atoms with Crippen LogP contribution < -0.4 is 5.32 Å². The maximum Gasteiger partial charge on any atom is 0.230 e. The SMILES string of the molecule is CC(C)S(=O)(=O)c1ccc(CC(=O)Nc2nc3c(s2)CN(C)CC3)cc1.Cl. The summed E-state index contributed by atoms with van der Waals surface area (Å²) in [5, 5.41) is 3.02. The summed E-state index contributed by atoms with van der Waals surface area (Å²) in [6.07, 6.45) is 1.09. The lowest BCUT2D eigenvalue weighted by Crippen LogP contribution is -2.25. The molecule has 0 bridgehead atoms. The number of likely N-dealkylation sites (N-methyl/N-ethyl adjacent to an activating group) is 1. The van der Waals surface area contributed by atoms with Crippen LogP contribution in [0, 0.1) is 0 Å². The number of hydrogen-bond acceptors (Lipinski definition) is 6. The number of carbonyl (C=O) groups is 1. The van der Waals surface area contributed by atoms with Crippen LogP contribution in [0.4, 0.5) is 5.13 Å². The van der Waals surface area contributed by atoms with Gasteiger partial charge in [0.1, 0.15) is 0 Å². The Hall–Kier alpha value is -1.48. The molecule has 1 aromatic carbocycles. The zero-order chi connectivity index (χ0) is 18.9. The van der Waals surface area contributed by atoms with Crippen LogP contribution in [0.15, 0.2) is 29.2 Å². The van der Waals surface area contributed by atoms with Crippen molar-refractivity contribution in [2.24, 2.45) is 0 Å². The van der Waals surface area contributed by atoms with Crippen LogP contribution in [0.5, 0.6) is 0 Å². The van der Waals surface area contributed by atoms with Gasteiger partial charge in [-0.05, 0) is 38.6 Å². The van der Waals surface area contributed by atoms with E-state index in [-0.39, 0.29) is 29.6 Å². The number of nitrogens with zero attached hydrogens (tertiary/aromatic N) is 2. The average Bonchev–Trinajstić information content (AvgIpc) is 2.96. The number of aromatic nitrogens is 1. The summed E-state index contributed by atoms with van der Waals surface area (Å²) in [7, 11) is -1.22. The van der Waals surface area contributed by atoms with Gasteiger partial charge < -0.3 is 10.2 Å². The van der Waals surface area contributed by atoms with Crippen molar-refractivity contribution in [3.05, 3.63) is 40.4 Å². The summed E-state index contributed by atoms with van der Waals surface area (Å²) in [5.41, 5.74) is 1.85. The third kappa shape index (κ3) is 5.07. The number of anilines is 1. The van der Waals surface area contributed by atoms with Crippen molar-refractivity contribution in [1.29, 1.82) is 0 Å². The van der Waals surface area contributed by atoms with Gasteiger partial charge in [0.2, 0.25) is 5.91 Å². The fraction of sp³-hybridized carbons (Fsp3) is 0.444. The molecule has 0 spiro atoms. The zero-order valence-electron chi connectivity index (χ0n) is 15.6. The molecular weight excluding hydrogens is 406 g/mol. The first kappa shape index (κ1) is 21.8. The fourth-order valence-electron chi connectivity index (χ4n) is 2.79. The number of thiazole rings is 1. The molecule has 0 aliphatic carbocycles. The second kappa shape index (κ2) is 8.68. The third-order valence-corrected chi connectivity index (χ3v) is 7.57. The summed E-state index contributed by atoms with van der Waals surface area (Å²) in [4.78, 5) is 20.5. The summed E-state index contributed by atoms with van der Waals surface area (Å²) in [5.74, 6) is -0.149. The van der Waals surface area contributed by atoms with Crippen LogP contribution in [0.2, 0.25) is 0 Å². The number of amides is 1. The lowest BCUT2D eigenvalue weighted by molar-refractivity contribution is -0.115. The van der Waals surface area contributed by atoms with Crippen molar-refractivity contribution in [1.82, 2.24) is 9.88 Å². The number of hydrogen-bond donors (Lipinski definition) is 1. The first-order chi connectivity index (χ1) is 12.3. The predicted octanol–water partition coefficient (Wildman–Crippen LogP) is 2.92. The van der Waals surface area contributed by atoms with E-state index in [1.165, 1.54) is 16.2 Å². The monoisotopic (exact) mass is 429 g/mol. The first-order valence-electron chi connectivity index (χ1n) is 8.55. The Morgan fingerprint density at radius 2 is 1.96 bits per heavy atom. The van der Waals surface area contributed by atoms with Gasteiger partial charge in [0.15, 0.2) is 15.0 Å². The van der Waals surface area contributed by atoms with Crippen LogP contribution in [0.25, 0.3) is 0 Å². The van der Waals surface area contributed by atoms with Crippen molar-refractivity contribution in [2.75, 3.05) is 18.9 Å². The molecule has 0 saturated carbocycles. The van der Waals surface area contributed by atoms with E-state index in [0.29, 0.717) is 5.13 Å². The van der Waals surface area contributed by atoms with Crippen LogP contribution >= 0.6 is 23.7 Å². The predicted molar refractivity (Wildman–Crippen MR) is 110 cm³/mol. The largest absolute Gasteiger partial charge is 0.302 e. The molecule has 27 heavy (non-hydrogen) atoms. The third-order valence-electron chi connectivity index (χ3n) is 4.41. The molecule has 1 aliphatic rings. The van der Waals surface area contributed by atoms with Gasteiger partial charge in [0, 0.05) is 24.4 Å². The molecule has 1 N–H and O–H groups in total. The van der Waals surface area contributed by atoms with Crippen LogP contribution in [0.3, 0.4) is 0 Å². The molecular formula is C18H24ClN3O3S2. The van der Waals surface area contributed by atoms with Crippen LogP contribution in [0.1, 0.15) is 30.0 Å². The van der Waals surface area contributed by atoms with Crippen molar-refractivity contribution in [2.45, 2.75) is 43.4 Å². The van der Waals surface area contributed by atoms with Gasteiger partial charge in [-0.3, -0.25) is 4.79 Å². The van der Waals surface area contributed by atoms with Gasteiger partial charge in [0.05, 0.1) is 22.3 Å². The lowest BCUT2D eigenvalue weighted by Gasteiger charge is -2.20. The minimum atomic E-state index is -3.29. The Labute approximate surface area is 170 Å². The summed E-state index contributed by atoms with van der Waals surface area (Å²) < 4.78 is 24.3. The summed E-state index contributed by atoms with van der Waals surface area (Å²) >= 11 is 1.52. The highest BCUT2D eigenvalue weighted by Crippen LogP contribution is 2.27. The van der Waals surface area contributed by atoms with E-state index >= 15 is 0 Å². The standard InChI is InChI=1S/C18H23N3O3S2.ClH/c1-12(2)26(23,24)14-6-4-13(5-7-14)10-17(22)20-18-19-15-8-9-21(3)11-16(15)25-18;/h4-7,12H,8-11H2,1-3H3,(H,19,20,22);1H. The maximum absolute atomic E-state index is 12.3. The molecule has 3 rings (SSSR count). The van der Waals surface area contributed by atoms with Gasteiger partial charge >= 0.3 is 0 Å². The number of benzene rings is 1. The molecule has 6 nitrogen and oxygen atoms in total. The average molecular weight is 430 g/mol. The Bertz CT molecular complexity index is 908. The molecule has 0 saturated heterocycles. The highest BCUT2D eigenvalue weighted by atomic mass is 35.5. The van der Waals surface area contributed by atoms with E-state index in [1.807, 2.05) is 0 Å². The molecule has 148 valence electrons. The Morgan fingerprint density at radius 1 is 1.30 bits per heavy atom. The normalized spacial score (nSPS) is 14.5. The first-order valence-corrected chi connectivity index (χ1v) is 10.9. The number of sulfone groups is 1. The summed E-state index contributed by atoms with van der Waals surface area (Å²) in [6.45, 7) is 5.16. The number of nitrogens with one attached hydrogen (secondary N) is 1. The number of carbonyl (C=O) groups excluding carboxylic acids is 1. The Balaban J connectivity index is 0.00000261. The van der Waals surface area contributed by atoms with Crippen molar-refractivity contribution in [3.63, 3.8) is 0 Å².